The molecule has 0 aliphatic carbocycles. The van der Waals surface area contributed by atoms with E-state index in [0.29, 0.717) is 0 Å². The van der Waals surface area contributed by atoms with Crippen LogP contribution < -0.4 is 10.1 Å². The molecule has 1 amide bonds. The van der Waals surface area contributed by atoms with E-state index in [0.717, 1.165) is 0 Å². The maximum Gasteiger partial charge on any atom is 0.312 e. The van der Waals surface area contributed by atoms with Gasteiger partial charge in [-0.05, 0) is 38.0 Å². The number of methoxy groups -OCH3 is 1. The molecule has 14 nitrogen and oxygen atoms in total. The molecule has 5 rings (SSSR count). The van der Waals surface area contributed by atoms with E-state index in [4.69, 9.17) is 18.9 Å². The number of aliphatic hydroxyl groups excluding tert-OH is 2. The molecule has 0 saturated heterocycles. The number of allylic oxidation sites excluding steroid dienone is 3. The second-order valence-electron chi connectivity index (χ2n) is 16.0. The summed E-state index contributed by atoms with van der Waals surface area (Å²) < 4.78 is 23.5. The summed E-state index contributed by atoms with van der Waals surface area (Å²) in [5.41, 5.74) is -0.648. The number of hydrogen-bond acceptors (Lipinski definition) is 13. The molecule has 0 aromatic heterocycles. The van der Waals surface area contributed by atoms with Gasteiger partial charge in [-0.2, -0.15) is 0 Å². The highest BCUT2D eigenvalue weighted by Crippen LogP contribution is 2.55. The topological polar surface area (TPSA) is 218 Å². The molecule has 0 saturated carbocycles. The van der Waals surface area contributed by atoms with Gasteiger partial charge in [0.15, 0.2) is 11.5 Å². The number of ether oxygens (including phenoxy) is 4. The Kier molecular flexibility index (Phi) is 14.3. The molecule has 3 aliphatic rings. The second kappa shape index (κ2) is 18.2. The fourth-order valence-corrected chi connectivity index (χ4v) is 7.56. The van der Waals surface area contributed by atoms with Gasteiger partial charge in [-0.1, -0.05) is 59.8 Å². The highest BCUT2D eigenvalue weighted by atomic mass is 16.7. The van der Waals surface area contributed by atoms with Crippen LogP contribution in [-0.2, 0) is 28.6 Å². The lowest BCUT2D eigenvalue weighted by Crippen LogP contribution is -2.46. The Hall–Kier alpha value is -5.18. The number of esters is 1. The van der Waals surface area contributed by atoms with Crippen LogP contribution in [0.1, 0.15) is 90.2 Å². The SMILES string of the molecule is CO[C@H]1C=CO[C@@]2(C)Oc3c(C)c(O)c4c(O)c(c(/C=C/C(=O)CC(C)C)c(O)c4c3C2=O)NC(=O)/C(C)=C\C=C/[C@H](C)[C@H](O)[C@@H](C)[C@@H](O)[C@@H](C)[C@H](OC(C)=O)[C@@H]1C. The summed E-state index contributed by atoms with van der Waals surface area (Å²) in [5.74, 6) is -9.09. The van der Waals surface area contributed by atoms with Crippen molar-refractivity contribution in [1.82, 2.24) is 0 Å². The Labute approximate surface area is 338 Å². The molecular weight excluding hydrogens is 750 g/mol. The molecule has 58 heavy (non-hydrogen) atoms. The van der Waals surface area contributed by atoms with Crippen molar-refractivity contribution >= 4 is 46.0 Å². The normalized spacial score (nSPS) is 29.9. The van der Waals surface area contributed by atoms with Crippen molar-refractivity contribution in [3.8, 4) is 23.0 Å². The summed E-state index contributed by atoms with van der Waals surface area (Å²) in [4.78, 5) is 53.1. The van der Waals surface area contributed by atoms with E-state index in [-0.39, 0.29) is 62.6 Å². The third-order valence-electron chi connectivity index (χ3n) is 11.1. The van der Waals surface area contributed by atoms with E-state index in [2.05, 4.69) is 5.32 Å². The maximum atomic E-state index is 14.4. The summed E-state index contributed by atoms with van der Waals surface area (Å²) in [7, 11) is 1.42. The number of hydrogen-bond donors (Lipinski definition) is 6. The molecule has 3 aliphatic heterocycles. The number of anilines is 1. The highest BCUT2D eigenvalue weighted by molar-refractivity contribution is 6.23. The van der Waals surface area contributed by atoms with Crippen LogP contribution in [0.2, 0.25) is 0 Å². The van der Waals surface area contributed by atoms with E-state index < -0.39 is 88.8 Å². The molecule has 316 valence electrons. The lowest BCUT2D eigenvalue weighted by atomic mass is 9.78. The number of aliphatic hydroxyl groups is 2. The molecular formula is C44H57NO13. The van der Waals surface area contributed by atoms with E-state index in [1.807, 2.05) is 13.8 Å². The van der Waals surface area contributed by atoms with Gasteiger partial charge in [0.2, 0.25) is 0 Å². The first-order valence-electron chi connectivity index (χ1n) is 19.4. The minimum atomic E-state index is -2.08. The highest BCUT2D eigenvalue weighted by Gasteiger charge is 2.50. The summed E-state index contributed by atoms with van der Waals surface area (Å²) >= 11 is 0. The number of fused-ring (bicyclic) bond motifs is 14. The van der Waals surface area contributed by atoms with Gasteiger partial charge in [0.1, 0.15) is 23.4 Å². The van der Waals surface area contributed by atoms with Gasteiger partial charge < -0.3 is 49.8 Å². The minimum Gasteiger partial charge on any atom is -0.507 e. The van der Waals surface area contributed by atoms with Gasteiger partial charge in [0.05, 0.1) is 41.2 Å². The first-order chi connectivity index (χ1) is 27.1. The molecule has 3 heterocycles. The predicted octanol–water partition coefficient (Wildman–Crippen LogP) is 6.38. The predicted molar refractivity (Wildman–Crippen MR) is 217 cm³/mol. The Balaban J connectivity index is 1.99. The summed E-state index contributed by atoms with van der Waals surface area (Å²) in [6.45, 7) is 16.1. The van der Waals surface area contributed by atoms with Gasteiger partial charge in [0.25, 0.3) is 11.7 Å². The van der Waals surface area contributed by atoms with Gasteiger partial charge in [-0.15, -0.1) is 0 Å². The van der Waals surface area contributed by atoms with E-state index in [1.54, 1.807) is 39.8 Å². The fourth-order valence-electron chi connectivity index (χ4n) is 7.56. The number of phenolic OH excluding ortho intramolecular Hbond substituents is 3. The van der Waals surface area contributed by atoms with Crippen molar-refractivity contribution in [3.05, 3.63) is 58.9 Å². The number of ketones is 2. The lowest BCUT2D eigenvalue weighted by molar-refractivity contribution is -0.160. The number of amides is 1. The van der Waals surface area contributed by atoms with Crippen LogP contribution >= 0.6 is 0 Å². The zero-order valence-corrected chi connectivity index (χ0v) is 34.9. The lowest BCUT2D eigenvalue weighted by Gasteiger charge is -2.38. The molecule has 0 spiro atoms. The van der Waals surface area contributed by atoms with Gasteiger partial charge in [-0.3, -0.25) is 19.2 Å². The third kappa shape index (κ3) is 9.09. The molecule has 5 bridgehead atoms. The Bertz CT molecular complexity index is 2060. The summed E-state index contributed by atoms with van der Waals surface area (Å²) in [5, 5.41) is 60.0. The zero-order chi connectivity index (χ0) is 43.5. The van der Waals surface area contributed by atoms with Crippen molar-refractivity contribution in [1.29, 1.82) is 0 Å². The Morgan fingerprint density at radius 2 is 1.60 bits per heavy atom. The number of carbonyl (C=O) groups is 4. The van der Waals surface area contributed by atoms with Gasteiger partial charge >= 0.3 is 11.8 Å². The number of benzene rings is 2. The third-order valence-corrected chi connectivity index (χ3v) is 11.1. The van der Waals surface area contributed by atoms with Crippen molar-refractivity contribution in [2.45, 2.75) is 106 Å². The molecule has 2 aromatic carbocycles. The maximum absolute atomic E-state index is 14.4. The van der Waals surface area contributed by atoms with Crippen LogP contribution in [0.4, 0.5) is 5.69 Å². The van der Waals surface area contributed by atoms with E-state index >= 15 is 0 Å². The molecule has 6 N–H and O–H groups in total. The van der Waals surface area contributed by atoms with Gasteiger partial charge in [0, 0.05) is 73.1 Å². The zero-order valence-electron chi connectivity index (χ0n) is 34.9. The van der Waals surface area contributed by atoms with Crippen LogP contribution in [0.3, 0.4) is 0 Å². The molecule has 14 heteroatoms. The van der Waals surface area contributed by atoms with Crippen molar-refractivity contribution in [2.75, 3.05) is 12.4 Å². The van der Waals surface area contributed by atoms with Crippen molar-refractivity contribution in [3.63, 3.8) is 0 Å². The molecule has 9 atom stereocenters. The van der Waals surface area contributed by atoms with E-state index in [1.165, 1.54) is 65.4 Å². The Morgan fingerprint density at radius 1 is 0.948 bits per heavy atom. The molecule has 0 fully saturated rings. The fraction of sp³-hybridized carbons (Fsp3) is 0.500. The first-order valence-corrected chi connectivity index (χ1v) is 19.4. The van der Waals surface area contributed by atoms with Crippen LogP contribution in [-0.4, -0.2) is 86.3 Å². The van der Waals surface area contributed by atoms with Crippen LogP contribution in [0.25, 0.3) is 16.8 Å². The smallest absolute Gasteiger partial charge is 0.312 e. The molecule has 0 radical (unpaired) electrons. The average Bonchev–Trinajstić information content (AvgIpc) is 3.42. The minimum absolute atomic E-state index is 0.00152. The van der Waals surface area contributed by atoms with Crippen LogP contribution in [0.15, 0.2) is 42.2 Å². The van der Waals surface area contributed by atoms with Crippen molar-refractivity contribution in [2.24, 2.45) is 29.6 Å². The number of nitrogens with one attached hydrogen (secondary N) is 1. The number of phenols is 3. The monoisotopic (exact) mass is 807 g/mol. The van der Waals surface area contributed by atoms with Crippen LogP contribution in [0, 0.1) is 36.5 Å². The largest absolute Gasteiger partial charge is 0.507 e. The Morgan fingerprint density at radius 3 is 2.21 bits per heavy atom. The number of aromatic hydroxyl groups is 3. The summed E-state index contributed by atoms with van der Waals surface area (Å²) in [6, 6.07) is 0. The average molecular weight is 808 g/mol. The molecule has 2 aromatic rings. The number of Topliss-reactive ketones (excluding diaryl/α,β-unsaturated/α-hetero) is 1. The van der Waals surface area contributed by atoms with Gasteiger partial charge in [-0.25, -0.2) is 0 Å². The molecule has 0 unspecified atom stereocenters. The quantitative estimate of drug-likeness (QED) is 0.0809. The number of carbonyl (C=O) groups excluding carboxylic acids is 4. The number of rotatable bonds is 6. The summed E-state index contributed by atoms with van der Waals surface area (Å²) in [6.07, 6.45) is 5.93. The van der Waals surface area contributed by atoms with Crippen molar-refractivity contribution < 1.29 is 63.7 Å². The van der Waals surface area contributed by atoms with E-state index in [9.17, 15) is 44.7 Å². The standard InChI is InChI=1S/C44H57NO13/c1-20(2)19-28(47)15-16-29-34-39(52)32-31(38(29)51)33-41(26(8)37(32)50)58-44(10,42(33)53)56-18-17-30(55-11)23(5)40(57-27(9)46)25(7)36(49)24(6)35(48)21(3)13-12-14-22(4)43(54)45-34/h12-18,20-21,23-25,30,35-36,40,48-52H,19H2,1-11H3,(H,45,54)/b13-12-,16-15+,18-17?,22-14-/t21-,23+,24+,25+,30-,35-,36+,40+,44-/m0/s1. The first kappa shape index (κ1) is 45.5. The second-order valence-corrected chi connectivity index (χ2v) is 16.0. The van der Waals surface area contributed by atoms with Crippen LogP contribution in [0.5, 0.6) is 23.0 Å².